The first kappa shape index (κ1) is 21.1. The summed E-state index contributed by atoms with van der Waals surface area (Å²) >= 11 is 0. The quantitative estimate of drug-likeness (QED) is 0.638. The van der Waals surface area contributed by atoms with Crippen molar-refractivity contribution in [2.24, 2.45) is 5.92 Å². The first-order valence-electron chi connectivity index (χ1n) is 11.6. The molecule has 5 heteroatoms. The van der Waals surface area contributed by atoms with Gasteiger partial charge < -0.3 is 9.80 Å². The second-order valence-electron chi connectivity index (χ2n) is 9.28. The Morgan fingerprint density at radius 1 is 1.03 bits per heavy atom. The van der Waals surface area contributed by atoms with Crippen LogP contribution in [0.2, 0.25) is 0 Å². The zero-order valence-electron chi connectivity index (χ0n) is 18.0. The molecule has 1 heterocycles. The van der Waals surface area contributed by atoms with Crippen LogP contribution in [0.1, 0.15) is 76.3 Å². The molecule has 1 aromatic carbocycles. The third kappa shape index (κ3) is 4.60. The highest BCUT2D eigenvalue weighted by molar-refractivity contribution is 5.95. The van der Waals surface area contributed by atoms with Gasteiger partial charge in [0, 0.05) is 12.6 Å². The molecule has 2 amide bonds. The Bertz CT molecular complexity index is 796. The number of hydrogen-bond donors (Lipinski definition) is 0. The van der Waals surface area contributed by atoms with Crippen molar-refractivity contribution in [3.8, 4) is 0 Å². The Balaban J connectivity index is 1.57. The molecular formula is C25H33FN2O2. The third-order valence-corrected chi connectivity index (χ3v) is 7.13. The number of benzene rings is 1. The minimum Gasteiger partial charge on any atom is -0.328 e. The van der Waals surface area contributed by atoms with Crippen molar-refractivity contribution in [2.45, 2.75) is 76.8 Å². The van der Waals surface area contributed by atoms with E-state index in [1.807, 2.05) is 4.90 Å². The molecule has 162 valence electrons. The molecule has 4 rings (SSSR count). The number of carbonyl (C=O) groups is 2. The minimum atomic E-state index is -0.643. The van der Waals surface area contributed by atoms with Gasteiger partial charge in [0.25, 0.3) is 5.91 Å². The van der Waals surface area contributed by atoms with Crippen molar-refractivity contribution in [3.63, 3.8) is 0 Å². The van der Waals surface area contributed by atoms with Gasteiger partial charge in [0.2, 0.25) is 5.91 Å². The van der Waals surface area contributed by atoms with Gasteiger partial charge in [0.05, 0.1) is 0 Å². The van der Waals surface area contributed by atoms with Crippen LogP contribution in [0.3, 0.4) is 0 Å². The van der Waals surface area contributed by atoms with Gasteiger partial charge in [-0.25, -0.2) is 4.39 Å². The molecule has 0 spiro atoms. The molecule has 1 saturated carbocycles. The van der Waals surface area contributed by atoms with Crippen molar-refractivity contribution >= 4 is 11.8 Å². The molecule has 1 saturated heterocycles. The molecule has 0 radical (unpaired) electrons. The lowest BCUT2D eigenvalue weighted by molar-refractivity contribution is -0.159. The average molecular weight is 413 g/mol. The van der Waals surface area contributed by atoms with Gasteiger partial charge >= 0.3 is 0 Å². The molecule has 0 N–H and O–H groups in total. The molecule has 0 aromatic heterocycles. The van der Waals surface area contributed by atoms with E-state index in [9.17, 15) is 14.0 Å². The van der Waals surface area contributed by atoms with Crippen molar-refractivity contribution in [1.29, 1.82) is 0 Å². The highest BCUT2D eigenvalue weighted by Crippen LogP contribution is 2.34. The Labute approximate surface area is 179 Å². The minimum absolute atomic E-state index is 0.00150. The predicted octanol–water partition coefficient (Wildman–Crippen LogP) is 5.01. The third-order valence-electron chi connectivity index (χ3n) is 7.13. The van der Waals surface area contributed by atoms with E-state index >= 15 is 0 Å². The maximum Gasteiger partial charge on any atom is 0.250 e. The van der Waals surface area contributed by atoms with Crippen LogP contribution in [-0.4, -0.2) is 40.7 Å². The topological polar surface area (TPSA) is 40.6 Å². The van der Waals surface area contributed by atoms with Crippen molar-refractivity contribution in [1.82, 2.24) is 9.80 Å². The zero-order chi connectivity index (χ0) is 21.1. The molecule has 2 fully saturated rings. The zero-order valence-corrected chi connectivity index (χ0v) is 18.0. The molecule has 0 unspecified atom stereocenters. The lowest BCUT2D eigenvalue weighted by atomic mass is 9.85. The highest BCUT2D eigenvalue weighted by atomic mass is 19.1. The fourth-order valence-corrected chi connectivity index (χ4v) is 5.23. The summed E-state index contributed by atoms with van der Waals surface area (Å²) in [5.41, 5.74) is 2.10. The number of halogens is 1. The van der Waals surface area contributed by atoms with Gasteiger partial charge in [-0.1, -0.05) is 30.7 Å². The molecule has 1 aliphatic heterocycles. The first-order valence-corrected chi connectivity index (χ1v) is 11.6. The number of hydrogen-bond acceptors (Lipinski definition) is 2. The number of carbonyl (C=O) groups excluding carboxylic acids is 2. The van der Waals surface area contributed by atoms with Crippen LogP contribution in [-0.2, 0) is 9.59 Å². The summed E-state index contributed by atoms with van der Waals surface area (Å²) in [6.07, 6.45) is 11.9. The van der Waals surface area contributed by atoms with Crippen LogP contribution in [0.25, 0.3) is 0 Å². The summed E-state index contributed by atoms with van der Waals surface area (Å²) in [6.45, 7) is 2.98. The molecule has 4 nitrogen and oxygen atoms in total. The first-order chi connectivity index (χ1) is 14.5. The summed E-state index contributed by atoms with van der Waals surface area (Å²) in [7, 11) is 0. The van der Waals surface area contributed by atoms with E-state index in [0.717, 1.165) is 44.9 Å². The molecule has 1 aromatic rings. The van der Waals surface area contributed by atoms with E-state index in [2.05, 4.69) is 13.0 Å². The number of amides is 2. The second kappa shape index (κ2) is 9.32. The van der Waals surface area contributed by atoms with Crippen molar-refractivity contribution in [2.75, 3.05) is 13.1 Å². The summed E-state index contributed by atoms with van der Waals surface area (Å²) < 4.78 is 13.5. The maximum atomic E-state index is 13.6. The van der Waals surface area contributed by atoms with Gasteiger partial charge in [0.15, 0.2) is 0 Å². The van der Waals surface area contributed by atoms with E-state index in [1.54, 1.807) is 17.0 Å². The van der Waals surface area contributed by atoms with Crippen LogP contribution in [0.4, 0.5) is 4.39 Å². The van der Waals surface area contributed by atoms with Crippen LogP contribution in [0.15, 0.2) is 35.9 Å². The van der Waals surface area contributed by atoms with Crippen molar-refractivity contribution < 1.29 is 14.0 Å². The number of nitrogens with zero attached hydrogens (tertiary/aromatic N) is 2. The Kier molecular flexibility index (Phi) is 6.55. The van der Waals surface area contributed by atoms with Gasteiger partial charge in [-0.3, -0.25) is 9.59 Å². The number of allylic oxidation sites excluding steroid dienone is 1. The van der Waals surface area contributed by atoms with E-state index < -0.39 is 6.04 Å². The summed E-state index contributed by atoms with van der Waals surface area (Å²) in [4.78, 5) is 30.4. The van der Waals surface area contributed by atoms with Gasteiger partial charge in [-0.15, -0.1) is 0 Å². The summed E-state index contributed by atoms with van der Waals surface area (Å²) in [6, 6.07) is 5.58. The highest BCUT2D eigenvalue weighted by Gasteiger charge is 2.43. The summed E-state index contributed by atoms with van der Waals surface area (Å²) in [5.74, 6) is 0.368. The Hall–Kier alpha value is -2.17. The Morgan fingerprint density at radius 2 is 1.77 bits per heavy atom. The lowest BCUT2D eigenvalue weighted by Crippen LogP contribution is -2.58. The van der Waals surface area contributed by atoms with Gasteiger partial charge in [0.1, 0.15) is 18.4 Å². The van der Waals surface area contributed by atoms with Crippen molar-refractivity contribution in [3.05, 3.63) is 47.3 Å². The average Bonchev–Trinajstić information content (AvgIpc) is 2.76. The summed E-state index contributed by atoms with van der Waals surface area (Å²) in [5, 5.41) is 0. The van der Waals surface area contributed by atoms with E-state index in [4.69, 9.17) is 0 Å². The molecule has 1 atom stereocenters. The van der Waals surface area contributed by atoms with Gasteiger partial charge in [-0.05, 0) is 81.4 Å². The molecule has 2 aliphatic carbocycles. The number of rotatable bonds is 5. The molecule has 3 aliphatic rings. The largest absolute Gasteiger partial charge is 0.328 e. The second-order valence-corrected chi connectivity index (χ2v) is 9.28. The Morgan fingerprint density at radius 3 is 2.43 bits per heavy atom. The molecule has 0 bridgehead atoms. The fourth-order valence-electron chi connectivity index (χ4n) is 5.23. The standard InChI is InChI=1S/C25H33FN2O2/c1-18-7-13-22(14-8-18)28-17-23(29)27(16-15-19-5-3-2-4-6-19)24(25(28)30)20-9-11-21(26)12-10-20/h5,9-12,18,22,24H,2-4,6-8,13-17H2,1H3/t18?,22?,24-/m1/s1. The molecule has 30 heavy (non-hydrogen) atoms. The van der Waals surface area contributed by atoms with Crippen LogP contribution < -0.4 is 0 Å². The maximum absolute atomic E-state index is 13.6. The van der Waals surface area contributed by atoms with E-state index in [1.165, 1.54) is 30.5 Å². The molecular weight excluding hydrogens is 379 g/mol. The van der Waals surface area contributed by atoms with Gasteiger partial charge in [-0.2, -0.15) is 0 Å². The number of piperazine rings is 1. The smallest absolute Gasteiger partial charge is 0.250 e. The van der Waals surface area contributed by atoms with E-state index in [0.29, 0.717) is 18.0 Å². The lowest BCUT2D eigenvalue weighted by Gasteiger charge is -2.45. The monoisotopic (exact) mass is 412 g/mol. The fraction of sp³-hybridized carbons (Fsp3) is 0.600. The normalized spacial score (nSPS) is 27.9. The van der Waals surface area contributed by atoms with Crippen LogP contribution in [0.5, 0.6) is 0 Å². The van der Waals surface area contributed by atoms with E-state index in [-0.39, 0.29) is 30.2 Å². The van der Waals surface area contributed by atoms with Crippen LogP contribution in [0, 0.1) is 11.7 Å². The predicted molar refractivity (Wildman–Crippen MR) is 115 cm³/mol. The SMILES string of the molecule is CC1CCC(N2CC(=O)N(CCC3=CCCCC3)[C@H](c3ccc(F)cc3)C2=O)CC1. The van der Waals surface area contributed by atoms with Crippen LogP contribution >= 0.6 is 0 Å².